The zero-order chi connectivity index (χ0) is 25.1. The van der Waals surface area contributed by atoms with Gasteiger partial charge in [-0.05, 0) is 72.2 Å². The van der Waals surface area contributed by atoms with Gasteiger partial charge in [0, 0.05) is 53.6 Å². The largest absolute Gasteiger partial charge is 0.448 e. The van der Waals surface area contributed by atoms with Gasteiger partial charge < -0.3 is 14.2 Å². The Balaban J connectivity index is 1.05. The summed E-state index contributed by atoms with van der Waals surface area (Å²) in [4.78, 5) is 28.7. The SMILES string of the molecule is Cn1ccc2cc(C(=O)C3CC4CCC(C3)N4C(=O)OCC3c4ccccc4-c4ccccc43)ccc21. The van der Waals surface area contributed by atoms with Gasteiger partial charge in [0.15, 0.2) is 5.78 Å². The molecule has 2 aliphatic heterocycles. The van der Waals surface area contributed by atoms with Gasteiger partial charge in [0.25, 0.3) is 0 Å². The van der Waals surface area contributed by atoms with E-state index >= 15 is 0 Å². The van der Waals surface area contributed by atoms with E-state index in [1.807, 2.05) is 36.3 Å². The van der Waals surface area contributed by atoms with E-state index < -0.39 is 0 Å². The highest BCUT2D eigenvalue weighted by Crippen LogP contribution is 2.45. The molecule has 186 valence electrons. The van der Waals surface area contributed by atoms with Crippen LogP contribution in [0.5, 0.6) is 0 Å². The zero-order valence-corrected chi connectivity index (χ0v) is 21.0. The number of ether oxygens (including phenoxy) is 1. The van der Waals surface area contributed by atoms with Gasteiger partial charge in [0.1, 0.15) is 6.61 Å². The summed E-state index contributed by atoms with van der Waals surface area (Å²) in [5, 5.41) is 1.09. The highest BCUT2D eigenvalue weighted by Gasteiger charge is 2.46. The van der Waals surface area contributed by atoms with Gasteiger partial charge in [-0.2, -0.15) is 0 Å². The number of ketones is 1. The Morgan fingerprint density at radius 1 is 0.865 bits per heavy atom. The summed E-state index contributed by atoms with van der Waals surface area (Å²) < 4.78 is 8.06. The third-order valence-corrected chi connectivity index (χ3v) is 8.82. The summed E-state index contributed by atoms with van der Waals surface area (Å²) >= 11 is 0. The van der Waals surface area contributed by atoms with Crippen LogP contribution in [0.1, 0.15) is 53.1 Å². The first kappa shape index (κ1) is 22.3. The van der Waals surface area contributed by atoms with Crippen LogP contribution in [0.2, 0.25) is 0 Å². The molecule has 0 saturated carbocycles. The molecule has 1 aromatic heterocycles. The molecular formula is C32H30N2O3. The number of benzene rings is 3. The fraction of sp³-hybridized carbons (Fsp3) is 0.312. The number of hydrogen-bond donors (Lipinski definition) is 0. The summed E-state index contributed by atoms with van der Waals surface area (Å²) in [6.07, 6.45) is 5.10. The highest BCUT2D eigenvalue weighted by atomic mass is 16.6. The molecule has 3 aliphatic rings. The second kappa shape index (κ2) is 8.62. The molecule has 2 bridgehead atoms. The number of aromatic nitrogens is 1. The van der Waals surface area contributed by atoms with Crippen molar-refractivity contribution in [1.29, 1.82) is 0 Å². The lowest BCUT2D eigenvalue weighted by Gasteiger charge is -2.37. The van der Waals surface area contributed by atoms with Crippen LogP contribution in [0.25, 0.3) is 22.0 Å². The van der Waals surface area contributed by atoms with Crippen LogP contribution in [0.15, 0.2) is 79.0 Å². The van der Waals surface area contributed by atoms with Crippen molar-refractivity contribution in [1.82, 2.24) is 9.47 Å². The van der Waals surface area contributed by atoms with E-state index in [1.54, 1.807) is 0 Å². The lowest BCUT2D eigenvalue weighted by atomic mass is 9.84. The van der Waals surface area contributed by atoms with Crippen LogP contribution in [0.4, 0.5) is 4.79 Å². The molecule has 5 heteroatoms. The fourth-order valence-electron chi connectivity index (χ4n) is 7.03. The fourth-order valence-corrected chi connectivity index (χ4v) is 7.03. The minimum absolute atomic E-state index is 0.0451. The van der Waals surface area contributed by atoms with Gasteiger partial charge >= 0.3 is 6.09 Å². The average Bonchev–Trinajstić information content (AvgIpc) is 3.55. The molecular weight excluding hydrogens is 460 g/mol. The smallest absolute Gasteiger partial charge is 0.410 e. The van der Waals surface area contributed by atoms with Crippen LogP contribution in [0, 0.1) is 5.92 Å². The summed E-state index contributed by atoms with van der Waals surface area (Å²) in [7, 11) is 2.01. The Kier molecular flexibility index (Phi) is 5.20. The number of amides is 1. The van der Waals surface area contributed by atoms with Gasteiger partial charge in [0.2, 0.25) is 0 Å². The maximum Gasteiger partial charge on any atom is 0.410 e. The van der Waals surface area contributed by atoms with Gasteiger partial charge in [-0.25, -0.2) is 4.79 Å². The van der Waals surface area contributed by atoms with Crippen molar-refractivity contribution in [2.45, 2.75) is 43.7 Å². The van der Waals surface area contributed by atoms with Crippen LogP contribution < -0.4 is 0 Å². The molecule has 2 unspecified atom stereocenters. The molecule has 37 heavy (non-hydrogen) atoms. The third-order valence-electron chi connectivity index (χ3n) is 8.82. The molecule has 2 atom stereocenters. The van der Waals surface area contributed by atoms with Crippen molar-refractivity contribution in [3.63, 3.8) is 0 Å². The molecule has 2 fully saturated rings. The first-order valence-corrected chi connectivity index (χ1v) is 13.3. The molecule has 1 amide bonds. The highest BCUT2D eigenvalue weighted by molar-refractivity contribution is 6.01. The van der Waals surface area contributed by atoms with Gasteiger partial charge in [-0.3, -0.25) is 4.79 Å². The molecule has 0 N–H and O–H groups in total. The van der Waals surface area contributed by atoms with E-state index in [9.17, 15) is 9.59 Å². The van der Waals surface area contributed by atoms with Crippen molar-refractivity contribution < 1.29 is 14.3 Å². The Bertz CT molecular complexity index is 1480. The number of carbonyl (C=O) groups excluding carboxylic acids is 2. The van der Waals surface area contributed by atoms with Crippen molar-refractivity contribution in [2.24, 2.45) is 13.0 Å². The molecule has 1 aliphatic carbocycles. The number of Topliss-reactive ketones (excluding diaryl/α,β-unsaturated/α-hetero) is 1. The molecule has 2 saturated heterocycles. The molecule has 3 aromatic carbocycles. The molecule has 3 heterocycles. The summed E-state index contributed by atoms with van der Waals surface area (Å²) in [6, 6.07) is 25.0. The van der Waals surface area contributed by atoms with Crippen LogP contribution in [-0.2, 0) is 11.8 Å². The first-order valence-electron chi connectivity index (χ1n) is 13.3. The number of rotatable bonds is 4. The average molecular weight is 491 g/mol. The number of carbonyl (C=O) groups is 2. The lowest BCUT2D eigenvalue weighted by Crippen LogP contribution is -2.48. The Hall–Kier alpha value is -3.86. The molecule has 4 aromatic rings. The predicted molar refractivity (Wildman–Crippen MR) is 144 cm³/mol. The third kappa shape index (κ3) is 3.59. The first-order chi connectivity index (χ1) is 18.1. The quantitative estimate of drug-likeness (QED) is 0.305. The number of piperidine rings is 1. The molecule has 7 rings (SSSR count). The van der Waals surface area contributed by atoms with Crippen molar-refractivity contribution in [3.8, 4) is 11.1 Å². The molecule has 0 radical (unpaired) electrons. The Labute approximate surface area is 216 Å². The van der Waals surface area contributed by atoms with E-state index in [2.05, 4.69) is 59.2 Å². The van der Waals surface area contributed by atoms with Gasteiger partial charge in [-0.1, -0.05) is 48.5 Å². The topological polar surface area (TPSA) is 51.5 Å². The molecule has 5 nitrogen and oxygen atoms in total. The number of fused-ring (bicyclic) bond motifs is 6. The van der Waals surface area contributed by atoms with Crippen molar-refractivity contribution in [2.75, 3.05) is 6.61 Å². The normalized spacial score (nSPS) is 22.2. The van der Waals surface area contributed by atoms with E-state index in [1.165, 1.54) is 22.3 Å². The summed E-state index contributed by atoms with van der Waals surface area (Å²) in [5.41, 5.74) is 6.80. The van der Waals surface area contributed by atoms with Gasteiger partial charge in [-0.15, -0.1) is 0 Å². The zero-order valence-electron chi connectivity index (χ0n) is 21.0. The Morgan fingerprint density at radius 3 is 2.19 bits per heavy atom. The van der Waals surface area contributed by atoms with Gasteiger partial charge in [0.05, 0.1) is 0 Å². The monoisotopic (exact) mass is 490 g/mol. The van der Waals surface area contributed by atoms with Crippen LogP contribution >= 0.6 is 0 Å². The van der Waals surface area contributed by atoms with Crippen molar-refractivity contribution >= 4 is 22.8 Å². The second-order valence-corrected chi connectivity index (χ2v) is 10.8. The lowest BCUT2D eigenvalue weighted by molar-refractivity contribution is 0.0506. The van der Waals surface area contributed by atoms with E-state index in [4.69, 9.17) is 4.74 Å². The van der Waals surface area contributed by atoms with E-state index in [0.717, 1.165) is 29.3 Å². The number of nitrogens with zero attached hydrogens (tertiary/aromatic N) is 2. The predicted octanol–water partition coefficient (Wildman–Crippen LogP) is 6.55. The number of aryl methyl sites for hydroxylation is 1. The van der Waals surface area contributed by atoms with E-state index in [-0.39, 0.29) is 35.8 Å². The number of hydrogen-bond acceptors (Lipinski definition) is 3. The maximum absolute atomic E-state index is 13.4. The van der Waals surface area contributed by atoms with Crippen LogP contribution in [0.3, 0.4) is 0 Å². The Morgan fingerprint density at radius 2 is 1.51 bits per heavy atom. The minimum Gasteiger partial charge on any atom is -0.448 e. The van der Waals surface area contributed by atoms with Crippen molar-refractivity contribution in [3.05, 3.63) is 95.7 Å². The van der Waals surface area contributed by atoms with E-state index in [0.29, 0.717) is 19.4 Å². The summed E-state index contributed by atoms with van der Waals surface area (Å²) in [5.74, 6) is 0.215. The second-order valence-electron chi connectivity index (χ2n) is 10.8. The minimum atomic E-state index is -0.231. The van der Waals surface area contributed by atoms with Crippen LogP contribution in [-0.4, -0.2) is 40.0 Å². The summed E-state index contributed by atoms with van der Waals surface area (Å²) in [6.45, 7) is 0.336. The standard InChI is InChI=1S/C32H30N2O3/c1-33-15-14-20-16-21(10-13-30(20)33)31(35)22-17-23-11-12-24(18-22)34(23)32(36)37-19-29-27-8-4-2-6-25(27)26-7-3-5-9-28(26)29/h2-10,13-16,22-24,29H,11-12,17-19H2,1H3. The molecule has 0 spiro atoms. The maximum atomic E-state index is 13.4.